The summed E-state index contributed by atoms with van der Waals surface area (Å²) < 4.78 is 1.83. The summed E-state index contributed by atoms with van der Waals surface area (Å²) in [4.78, 5) is 22.3. The number of para-hydroxylation sites is 1. The Morgan fingerprint density at radius 3 is 2.83 bits per heavy atom. The van der Waals surface area contributed by atoms with Gasteiger partial charge in [-0.25, -0.2) is 0 Å². The average Bonchev–Trinajstić information content (AvgIpc) is 3.10. The number of rotatable bonds is 5. The van der Waals surface area contributed by atoms with Gasteiger partial charge in [0.1, 0.15) is 17.4 Å². The third-order valence-electron chi connectivity index (χ3n) is 3.47. The fourth-order valence-electron chi connectivity index (χ4n) is 2.52. The van der Waals surface area contributed by atoms with Crippen LogP contribution in [0, 0.1) is 0 Å². The van der Waals surface area contributed by atoms with Crippen LogP contribution in [0.25, 0.3) is 10.9 Å². The molecule has 0 radical (unpaired) electrons. The van der Waals surface area contributed by atoms with Crippen LogP contribution < -0.4 is 5.73 Å². The van der Waals surface area contributed by atoms with E-state index in [9.17, 15) is 9.59 Å². The molecule has 0 spiro atoms. The maximum atomic E-state index is 11.3. The van der Waals surface area contributed by atoms with E-state index in [0.29, 0.717) is 12.2 Å². The van der Waals surface area contributed by atoms with Gasteiger partial charge in [-0.15, -0.1) is 16.9 Å². The predicted octanol–water partition coefficient (Wildman–Crippen LogP) is 1.96. The summed E-state index contributed by atoms with van der Waals surface area (Å²) >= 11 is 1.42. The molecule has 0 saturated carbocycles. The van der Waals surface area contributed by atoms with Gasteiger partial charge in [0.25, 0.3) is 0 Å². The molecule has 0 saturated heterocycles. The minimum atomic E-state index is -0.389. The van der Waals surface area contributed by atoms with Gasteiger partial charge in [0.05, 0.1) is 11.5 Å². The number of Topliss-reactive ketones (excluding diaryl/α,β-unsaturated/α-hetero) is 1. The number of ketones is 1. The second-order valence-corrected chi connectivity index (χ2v) is 6.41. The van der Waals surface area contributed by atoms with E-state index >= 15 is 0 Å². The van der Waals surface area contributed by atoms with Gasteiger partial charge in [-0.2, -0.15) is 5.10 Å². The molecule has 0 fully saturated rings. The molecule has 0 atom stereocenters. The number of hydrogen-bond donors (Lipinski definition) is 1. The average molecular weight is 328 g/mol. The number of nitrogens with zero attached hydrogens (tertiary/aromatic N) is 3. The van der Waals surface area contributed by atoms with Crippen molar-refractivity contribution in [2.24, 2.45) is 15.9 Å². The third kappa shape index (κ3) is 3.34. The second-order valence-electron chi connectivity index (χ2n) is 5.36. The Hall–Kier alpha value is -2.41. The van der Waals surface area contributed by atoms with Crippen molar-refractivity contribution in [3.63, 3.8) is 0 Å². The van der Waals surface area contributed by atoms with E-state index in [2.05, 4.69) is 10.2 Å². The molecule has 7 heteroatoms. The van der Waals surface area contributed by atoms with Crippen molar-refractivity contribution < 1.29 is 9.59 Å². The Balaban J connectivity index is 1.87. The van der Waals surface area contributed by atoms with E-state index in [1.165, 1.54) is 11.8 Å². The highest BCUT2D eigenvalue weighted by molar-refractivity contribution is 8.14. The Labute approximate surface area is 137 Å². The van der Waals surface area contributed by atoms with Gasteiger partial charge in [-0.1, -0.05) is 18.2 Å². The molecule has 23 heavy (non-hydrogen) atoms. The Kier molecular flexibility index (Phi) is 4.29. The summed E-state index contributed by atoms with van der Waals surface area (Å²) in [6, 6.07) is 7.81. The minimum absolute atomic E-state index is 0.115. The lowest BCUT2D eigenvalue weighted by Gasteiger charge is -2.00. The van der Waals surface area contributed by atoms with Crippen LogP contribution in [-0.2, 0) is 16.1 Å². The summed E-state index contributed by atoms with van der Waals surface area (Å²) in [5, 5.41) is 10.3. The van der Waals surface area contributed by atoms with E-state index in [1.807, 2.05) is 35.0 Å². The van der Waals surface area contributed by atoms with Gasteiger partial charge in [0.2, 0.25) is 5.91 Å². The molecule has 1 aromatic carbocycles. The van der Waals surface area contributed by atoms with Crippen LogP contribution in [0.2, 0.25) is 0 Å². The molecule has 2 heterocycles. The standard InChI is InChI=1S/C16H16N4O2S/c1-10(21)9-23-16-6-13(18-19-16)12-7-20(8-15(17)22)14-5-3-2-4-11(12)14/h2-5,7H,6,8-9H2,1H3,(H2,17,22). The van der Waals surface area contributed by atoms with Crippen molar-refractivity contribution in [2.45, 2.75) is 19.9 Å². The fraction of sp³-hybridized carbons (Fsp3) is 0.250. The van der Waals surface area contributed by atoms with Crippen LogP contribution >= 0.6 is 11.8 Å². The monoisotopic (exact) mass is 328 g/mol. The quantitative estimate of drug-likeness (QED) is 0.909. The van der Waals surface area contributed by atoms with Crippen molar-refractivity contribution in [1.29, 1.82) is 0 Å². The molecule has 0 bridgehead atoms. The van der Waals surface area contributed by atoms with Crippen LogP contribution in [-0.4, -0.2) is 32.8 Å². The first kappa shape index (κ1) is 15.5. The summed E-state index contributed by atoms with van der Waals surface area (Å²) in [5.74, 6) is 0.134. The van der Waals surface area contributed by atoms with E-state index in [-0.39, 0.29) is 18.2 Å². The first-order chi connectivity index (χ1) is 11.0. The lowest BCUT2D eigenvalue weighted by atomic mass is 10.1. The molecular formula is C16H16N4O2S. The Morgan fingerprint density at radius 1 is 1.30 bits per heavy atom. The maximum absolute atomic E-state index is 11.3. The van der Waals surface area contributed by atoms with Crippen molar-refractivity contribution in [1.82, 2.24) is 4.57 Å². The van der Waals surface area contributed by atoms with E-state index < -0.39 is 0 Å². The number of aromatic nitrogens is 1. The number of carbonyl (C=O) groups excluding carboxylic acids is 2. The first-order valence-corrected chi connectivity index (χ1v) is 8.15. The molecule has 2 aromatic rings. The van der Waals surface area contributed by atoms with Gasteiger partial charge >= 0.3 is 0 Å². The van der Waals surface area contributed by atoms with Gasteiger partial charge < -0.3 is 10.3 Å². The van der Waals surface area contributed by atoms with Crippen LogP contribution in [0.4, 0.5) is 0 Å². The molecule has 6 nitrogen and oxygen atoms in total. The van der Waals surface area contributed by atoms with Crippen LogP contribution in [0.3, 0.4) is 0 Å². The number of amides is 1. The molecule has 2 N–H and O–H groups in total. The fourth-order valence-corrected chi connectivity index (χ4v) is 3.23. The third-order valence-corrected chi connectivity index (χ3v) is 4.58. The normalized spacial score (nSPS) is 14.0. The summed E-state index contributed by atoms with van der Waals surface area (Å²) in [6.07, 6.45) is 2.49. The number of carbonyl (C=O) groups is 2. The molecule has 1 aromatic heterocycles. The molecule has 1 aliphatic heterocycles. The van der Waals surface area contributed by atoms with Crippen molar-refractivity contribution in [3.8, 4) is 0 Å². The molecule has 1 aliphatic rings. The van der Waals surface area contributed by atoms with Crippen LogP contribution in [0.5, 0.6) is 0 Å². The highest BCUT2D eigenvalue weighted by Crippen LogP contribution is 2.26. The number of nitrogens with two attached hydrogens (primary N) is 1. The Bertz CT molecular complexity index is 851. The Morgan fingerprint density at radius 2 is 2.09 bits per heavy atom. The lowest BCUT2D eigenvalue weighted by Crippen LogP contribution is -2.18. The zero-order chi connectivity index (χ0) is 16.4. The highest BCUT2D eigenvalue weighted by atomic mass is 32.2. The molecule has 1 amide bonds. The first-order valence-electron chi connectivity index (χ1n) is 7.17. The summed E-state index contributed by atoms with van der Waals surface area (Å²) in [7, 11) is 0. The maximum Gasteiger partial charge on any atom is 0.237 e. The molecular weight excluding hydrogens is 312 g/mol. The number of hydrogen-bond acceptors (Lipinski definition) is 5. The van der Waals surface area contributed by atoms with E-state index in [0.717, 1.165) is 27.2 Å². The zero-order valence-corrected chi connectivity index (χ0v) is 13.5. The van der Waals surface area contributed by atoms with Gasteiger partial charge in [0, 0.05) is 29.1 Å². The second kappa shape index (κ2) is 6.37. The van der Waals surface area contributed by atoms with Crippen molar-refractivity contribution in [2.75, 3.05) is 5.75 Å². The van der Waals surface area contributed by atoms with Crippen molar-refractivity contribution >= 4 is 45.1 Å². The number of fused-ring (bicyclic) bond motifs is 1. The van der Waals surface area contributed by atoms with Gasteiger partial charge in [-0.05, 0) is 13.0 Å². The zero-order valence-electron chi connectivity index (χ0n) is 12.7. The van der Waals surface area contributed by atoms with Gasteiger partial charge in [0.15, 0.2) is 0 Å². The van der Waals surface area contributed by atoms with Gasteiger partial charge in [-0.3, -0.25) is 9.59 Å². The lowest BCUT2D eigenvalue weighted by molar-refractivity contribution is -0.118. The largest absolute Gasteiger partial charge is 0.368 e. The molecule has 3 rings (SSSR count). The highest BCUT2D eigenvalue weighted by Gasteiger charge is 2.20. The van der Waals surface area contributed by atoms with E-state index in [4.69, 9.17) is 5.73 Å². The topological polar surface area (TPSA) is 89.8 Å². The molecule has 118 valence electrons. The smallest absolute Gasteiger partial charge is 0.237 e. The van der Waals surface area contributed by atoms with Crippen LogP contribution in [0.1, 0.15) is 18.9 Å². The number of primary amides is 1. The number of thioether (sulfide) groups is 1. The molecule has 0 aliphatic carbocycles. The minimum Gasteiger partial charge on any atom is -0.368 e. The summed E-state index contributed by atoms with van der Waals surface area (Å²) in [6.45, 7) is 1.68. The number of benzene rings is 1. The summed E-state index contributed by atoms with van der Waals surface area (Å²) in [5.41, 5.74) is 8.05. The molecule has 0 unspecified atom stereocenters. The predicted molar refractivity (Wildman–Crippen MR) is 92.9 cm³/mol. The van der Waals surface area contributed by atoms with Crippen LogP contribution in [0.15, 0.2) is 40.7 Å². The van der Waals surface area contributed by atoms with Crippen molar-refractivity contribution in [3.05, 3.63) is 36.0 Å². The van der Waals surface area contributed by atoms with E-state index in [1.54, 1.807) is 6.92 Å². The SMILES string of the molecule is CC(=O)CSC1=NN=C(c2cn(CC(N)=O)c3ccccc23)C1.